The average Bonchev–Trinajstić information content (AvgIpc) is 3.42. The van der Waals surface area contributed by atoms with Crippen LogP contribution in [0.2, 0.25) is 0 Å². The number of rotatable bonds is 10. The van der Waals surface area contributed by atoms with Crippen LogP contribution in [0.4, 0.5) is 0 Å². The first kappa shape index (κ1) is 22.3. The van der Waals surface area contributed by atoms with Gasteiger partial charge in [-0.05, 0) is 29.7 Å². The summed E-state index contributed by atoms with van der Waals surface area (Å²) in [6.07, 6.45) is 6.18. The third-order valence-corrected chi connectivity index (χ3v) is 5.83. The molecule has 0 aliphatic heterocycles. The summed E-state index contributed by atoms with van der Waals surface area (Å²) < 4.78 is 0. The molecule has 2 aromatic carbocycles. The number of para-hydroxylation sites is 2. The van der Waals surface area contributed by atoms with Crippen molar-refractivity contribution in [2.24, 2.45) is 0 Å². The lowest BCUT2D eigenvalue weighted by molar-refractivity contribution is -0.130. The minimum Gasteiger partial charge on any atom is -0.361 e. The van der Waals surface area contributed by atoms with E-state index in [1.165, 1.54) is 0 Å². The van der Waals surface area contributed by atoms with Gasteiger partial charge in [0.25, 0.3) is 0 Å². The van der Waals surface area contributed by atoms with Gasteiger partial charge < -0.3 is 25.4 Å². The van der Waals surface area contributed by atoms with Crippen LogP contribution < -0.4 is 10.6 Å². The van der Waals surface area contributed by atoms with E-state index in [9.17, 15) is 14.4 Å². The highest BCUT2D eigenvalue weighted by molar-refractivity contribution is 5.91. The van der Waals surface area contributed by atoms with E-state index in [0.717, 1.165) is 39.2 Å². The Balaban J connectivity index is 1.51. The molecule has 4 aromatic rings. The average molecular weight is 445 g/mol. The van der Waals surface area contributed by atoms with Gasteiger partial charge >= 0.3 is 0 Å². The molecule has 0 aliphatic rings. The summed E-state index contributed by atoms with van der Waals surface area (Å²) in [6.45, 7) is 1.91. The second-order valence-corrected chi connectivity index (χ2v) is 8.25. The smallest absolute Gasteiger partial charge is 0.243 e. The van der Waals surface area contributed by atoms with Crippen LogP contribution >= 0.6 is 0 Å². The van der Waals surface area contributed by atoms with Crippen LogP contribution in [0.25, 0.3) is 21.8 Å². The van der Waals surface area contributed by atoms with Gasteiger partial charge in [0.2, 0.25) is 11.8 Å². The van der Waals surface area contributed by atoms with Crippen molar-refractivity contribution in [2.45, 2.75) is 44.7 Å². The van der Waals surface area contributed by atoms with E-state index >= 15 is 0 Å². The number of carbonyl (C=O) groups excluding carboxylic acids is 3. The largest absolute Gasteiger partial charge is 0.361 e. The molecule has 0 fully saturated rings. The molecule has 33 heavy (non-hydrogen) atoms. The zero-order valence-corrected chi connectivity index (χ0v) is 18.6. The fourth-order valence-corrected chi connectivity index (χ4v) is 4.18. The molecule has 0 saturated carbocycles. The Labute approximate surface area is 192 Å². The van der Waals surface area contributed by atoms with Crippen LogP contribution in [0.15, 0.2) is 60.9 Å². The first-order valence-corrected chi connectivity index (χ1v) is 11.2. The third-order valence-electron chi connectivity index (χ3n) is 5.83. The van der Waals surface area contributed by atoms with E-state index in [4.69, 9.17) is 0 Å². The molecule has 2 amide bonds. The maximum absolute atomic E-state index is 13.2. The molecule has 0 saturated heterocycles. The molecule has 2 aromatic heterocycles. The fourth-order valence-electron chi connectivity index (χ4n) is 4.18. The van der Waals surface area contributed by atoms with E-state index in [-0.39, 0.29) is 11.8 Å². The molecular formula is C26H28N4O3. The Hall–Kier alpha value is -3.87. The quantitative estimate of drug-likeness (QED) is 0.282. The minimum atomic E-state index is -0.784. The van der Waals surface area contributed by atoms with Crippen LogP contribution in [0.1, 0.15) is 30.9 Å². The molecule has 2 heterocycles. The molecular weight excluding hydrogens is 416 g/mol. The predicted molar refractivity (Wildman–Crippen MR) is 129 cm³/mol. The number of aromatic nitrogens is 2. The Bertz CT molecular complexity index is 1270. The van der Waals surface area contributed by atoms with Crippen molar-refractivity contribution in [3.8, 4) is 0 Å². The first-order chi connectivity index (χ1) is 16.1. The summed E-state index contributed by atoms with van der Waals surface area (Å²) in [4.78, 5) is 43.8. The van der Waals surface area contributed by atoms with E-state index in [0.29, 0.717) is 25.7 Å². The predicted octanol–water partition coefficient (Wildman–Crippen LogP) is 3.40. The summed E-state index contributed by atoms with van der Waals surface area (Å²) in [6, 6.07) is 14.2. The van der Waals surface area contributed by atoms with Gasteiger partial charge in [-0.3, -0.25) is 9.59 Å². The normalized spacial score (nSPS) is 13.0. The van der Waals surface area contributed by atoms with Crippen molar-refractivity contribution >= 4 is 39.9 Å². The molecule has 0 bridgehead atoms. The van der Waals surface area contributed by atoms with E-state index in [2.05, 4.69) is 20.6 Å². The number of benzene rings is 2. The Morgan fingerprint density at radius 1 is 0.879 bits per heavy atom. The summed E-state index contributed by atoms with van der Waals surface area (Å²) in [5.41, 5.74) is 3.83. The molecule has 0 aliphatic carbocycles. The molecule has 7 heteroatoms. The minimum absolute atomic E-state index is 0.184. The van der Waals surface area contributed by atoms with Crippen molar-refractivity contribution in [2.75, 3.05) is 0 Å². The lowest BCUT2D eigenvalue weighted by Crippen LogP contribution is -2.51. The Kier molecular flexibility index (Phi) is 6.88. The standard InChI is InChI=1S/C26H28N4O3/c1-2-7-25(32)30-24(13-18-15-28-23-11-6-4-9-21(18)23)26(33)29-19(16-31)12-17-14-27-22-10-5-3-8-20(17)22/h3-6,8-11,14-16,19,24,27-28H,2,7,12-13H2,1H3,(H,29,33)(H,30,32). The second-order valence-electron chi connectivity index (χ2n) is 8.25. The number of aromatic amines is 2. The Morgan fingerprint density at radius 2 is 1.45 bits per heavy atom. The van der Waals surface area contributed by atoms with Gasteiger partial charge in [0.05, 0.1) is 6.04 Å². The molecule has 4 N–H and O–H groups in total. The summed E-state index contributed by atoms with van der Waals surface area (Å²) >= 11 is 0. The molecule has 170 valence electrons. The zero-order valence-electron chi connectivity index (χ0n) is 18.6. The number of hydrogen-bond acceptors (Lipinski definition) is 3. The highest BCUT2D eigenvalue weighted by Crippen LogP contribution is 2.20. The maximum Gasteiger partial charge on any atom is 0.243 e. The van der Waals surface area contributed by atoms with Crippen molar-refractivity contribution in [1.29, 1.82) is 0 Å². The fraction of sp³-hybridized carbons (Fsp3) is 0.269. The van der Waals surface area contributed by atoms with Gasteiger partial charge in [0.1, 0.15) is 12.3 Å². The van der Waals surface area contributed by atoms with Crippen LogP contribution in [-0.4, -0.2) is 40.2 Å². The molecule has 4 rings (SSSR count). The lowest BCUT2D eigenvalue weighted by Gasteiger charge is -2.21. The van der Waals surface area contributed by atoms with Crippen LogP contribution in [0.5, 0.6) is 0 Å². The molecule has 0 spiro atoms. The summed E-state index contributed by atoms with van der Waals surface area (Å²) in [7, 11) is 0. The second kappa shape index (κ2) is 10.2. The number of amides is 2. The van der Waals surface area contributed by atoms with E-state index < -0.39 is 12.1 Å². The monoisotopic (exact) mass is 444 g/mol. The van der Waals surface area contributed by atoms with Gasteiger partial charge in [0.15, 0.2) is 0 Å². The van der Waals surface area contributed by atoms with Crippen LogP contribution in [-0.2, 0) is 27.2 Å². The van der Waals surface area contributed by atoms with Gasteiger partial charge in [-0.2, -0.15) is 0 Å². The third kappa shape index (κ3) is 5.14. The number of fused-ring (bicyclic) bond motifs is 2. The van der Waals surface area contributed by atoms with Gasteiger partial charge in [-0.1, -0.05) is 43.3 Å². The van der Waals surface area contributed by atoms with Crippen molar-refractivity contribution in [3.63, 3.8) is 0 Å². The molecule has 7 nitrogen and oxygen atoms in total. The summed E-state index contributed by atoms with van der Waals surface area (Å²) in [5, 5.41) is 7.71. The van der Waals surface area contributed by atoms with Gasteiger partial charge in [-0.25, -0.2) is 0 Å². The number of hydrogen-bond donors (Lipinski definition) is 4. The van der Waals surface area contributed by atoms with Crippen molar-refractivity contribution < 1.29 is 14.4 Å². The number of H-pyrrole nitrogens is 2. The number of nitrogens with one attached hydrogen (secondary N) is 4. The summed E-state index contributed by atoms with van der Waals surface area (Å²) in [5.74, 6) is -0.557. The van der Waals surface area contributed by atoms with Crippen LogP contribution in [0, 0.1) is 0 Å². The van der Waals surface area contributed by atoms with Crippen LogP contribution in [0.3, 0.4) is 0 Å². The highest BCUT2D eigenvalue weighted by atomic mass is 16.2. The first-order valence-electron chi connectivity index (χ1n) is 11.2. The Morgan fingerprint density at radius 3 is 2.03 bits per heavy atom. The topological polar surface area (TPSA) is 107 Å². The van der Waals surface area contributed by atoms with E-state index in [1.807, 2.05) is 67.8 Å². The van der Waals surface area contributed by atoms with Crippen molar-refractivity contribution in [3.05, 3.63) is 72.1 Å². The molecule has 0 radical (unpaired) electrons. The van der Waals surface area contributed by atoms with Crippen molar-refractivity contribution in [1.82, 2.24) is 20.6 Å². The lowest BCUT2D eigenvalue weighted by atomic mass is 10.0. The maximum atomic E-state index is 13.2. The van der Waals surface area contributed by atoms with Gasteiger partial charge in [0, 0.05) is 53.5 Å². The van der Waals surface area contributed by atoms with E-state index in [1.54, 1.807) is 0 Å². The SMILES string of the molecule is CCCC(=O)NC(Cc1c[nH]c2ccccc12)C(=O)NC(C=O)Cc1c[nH]c2ccccc12. The zero-order chi connectivity index (χ0) is 23.2. The number of aldehydes is 1. The highest BCUT2D eigenvalue weighted by Gasteiger charge is 2.25. The molecule has 2 unspecified atom stereocenters. The van der Waals surface area contributed by atoms with Gasteiger partial charge in [-0.15, -0.1) is 0 Å². The molecule has 2 atom stereocenters. The number of carbonyl (C=O) groups is 3.